The van der Waals surface area contributed by atoms with Gasteiger partial charge in [0, 0.05) is 6.54 Å². The molecule has 0 unspecified atom stereocenters. The molecule has 0 aliphatic rings. The standard InChI is InChI=1S/C17H29ClN2O/c1-5-20(6-2)11-7-10-19-13-15-8-9-17(16(18)12-15)21-14(3)4/h8-9,12,14,19H,5-7,10-11,13H2,1-4H3. The van der Waals surface area contributed by atoms with Crippen LogP contribution in [0.25, 0.3) is 0 Å². The van der Waals surface area contributed by atoms with Crippen molar-refractivity contribution in [3.8, 4) is 5.75 Å². The molecule has 3 nitrogen and oxygen atoms in total. The zero-order valence-corrected chi connectivity index (χ0v) is 14.5. The van der Waals surface area contributed by atoms with E-state index < -0.39 is 0 Å². The van der Waals surface area contributed by atoms with E-state index in [2.05, 4.69) is 30.1 Å². The van der Waals surface area contributed by atoms with Crippen LogP contribution in [0.4, 0.5) is 0 Å². The monoisotopic (exact) mass is 312 g/mol. The molecule has 21 heavy (non-hydrogen) atoms. The average Bonchev–Trinajstić information content (AvgIpc) is 2.45. The fourth-order valence-corrected chi connectivity index (χ4v) is 2.45. The second-order valence-corrected chi connectivity index (χ2v) is 5.90. The van der Waals surface area contributed by atoms with E-state index >= 15 is 0 Å². The molecule has 0 heterocycles. The minimum absolute atomic E-state index is 0.145. The summed E-state index contributed by atoms with van der Waals surface area (Å²) in [6.45, 7) is 13.7. The van der Waals surface area contributed by atoms with Gasteiger partial charge < -0.3 is 15.0 Å². The average molecular weight is 313 g/mol. The van der Waals surface area contributed by atoms with E-state index in [1.54, 1.807) is 0 Å². The summed E-state index contributed by atoms with van der Waals surface area (Å²) in [6, 6.07) is 6.01. The molecule has 1 aromatic carbocycles. The minimum Gasteiger partial charge on any atom is -0.489 e. The number of benzene rings is 1. The summed E-state index contributed by atoms with van der Waals surface area (Å²) in [6.07, 6.45) is 1.32. The van der Waals surface area contributed by atoms with Crippen molar-refractivity contribution in [2.24, 2.45) is 0 Å². The van der Waals surface area contributed by atoms with Crippen LogP contribution in [-0.2, 0) is 6.54 Å². The third-order valence-corrected chi connectivity index (χ3v) is 3.71. The van der Waals surface area contributed by atoms with Crippen molar-refractivity contribution in [3.63, 3.8) is 0 Å². The number of halogens is 1. The molecular weight excluding hydrogens is 284 g/mol. The SMILES string of the molecule is CCN(CC)CCCNCc1ccc(OC(C)C)c(Cl)c1. The quantitative estimate of drug-likeness (QED) is 0.662. The second kappa shape index (κ2) is 10.0. The Morgan fingerprint density at radius 1 is 1.24 bits per heavy atom. The maximum Gasteiger partial charge on any atom is 0.138 e. The van der Waals surface area contributed by atoms with Gasteiger partial charge in [-0.05, 0) is 64.1 Å². The Hall–Kier alpha value is -0.770. The van der Waals surface area contributed by atoms with Crippen molar-refractivity contribution in [1.82, 2.24) is 10.2 Å². The van der Waals surface area contributed by atoms with Gasteiger partial charge in [-0.2, -0.15) is 0 Å². The molecule has 0 radical (unpaired) electrons. The molecule has 1 rings (SSSR count). The number of nitrogens with one attached hydrogen (secondary N) is 1. The van der Waals surface area contributed by atoms with E-state index in [1.807, 2.05) is 26.0 Å². The third-order valence-electron chi connectivity index (χ3n) is 3.41. The predicted molar refractivity (Wildman–Crippen MR) is 91.3 cm³/mol. The van der Waals surface area contributed by atoms with Gasteiger partial charge >= 0.3 is 0 Å². The summed E-state index contributed by atoms with van der Waals surface area (Å²) in [5.74, 6) is 0.761. The fraction of sp³-hybridized carbons (Fsp3) is 0.647. The van der Waals surface area contributed by atoms with Gasteiger partial charge in [0.25, 0.3) is 0 Å². The number of rotatable bonds is 10. The summed E-state index contributed by atoms with van der Waals surface area (Å²) in [5, 5.41) is 4.15. The Kier molecular flexibility index (Phi) is 8.74. The number of hydrogen-bond donors (Lipinski definition) is 1. The van der Waals surface area contributed by atoms with Crippen LogP contribution in [0.1, 0.15) is 39.7 Å². The van der Waals surface area contributed by atoms with Crippen LogP contribution in [0, 0.1) is 0 Å². The molecule has 0 atom stereocenters. The molecule has 1 N–H and O–H groups in total. The van der Waals surface area contributed by atoms with E-state index in [9.17, 15) is 0 Å². The molecule has 0 saturated heterocycles. The van der Waals surface area contributed by atoms with Crippen LogP contribution in [0.5, 0.6) is 5.75 Å². The van der Waals surface area contributed by atoms with E-state index in [0.717, 1.165) is 38.5 Å². The Balaban J connectivity index is 2.31. The third kappa shape index (κ3) is 7.16. The normalized spacial score (nSPS) is 11.4. The zero-order chi connectivity index (χ0) is 15.7. The highest BCUT2D eigenvalue weighted by Crippen LogP contribution is 2.26. The Morgan fingerprint density at radius 2 is 1.95 bits per heavy atom. The Bertz CT molecular complexity index is 406. The number of hydrogen-bond acceptors (Lipinski definition) is 3. The van der Waals surface area contributed by atoms with Crippen LogP contribution in [0.15, 0.2) is 18.2 Å². The summed E-state index contributed by atoms with van der Waals surface area (Å²) < 4.78 is 5.64. The molecule has 1 aromatic rings. The van der Waals surface area contributed by atoms with Gasteiger partial charge in [-0.3, -0.25) is 0 Å². The first-order chi connectivity index (χ1) is 10.1. The number of ether oxygens (including phenoxy) is 1. The largest absolute Gasteiger partial charge is 0.489 e. The molecule has 0 amide bonds. The highest BCUT2D eigenvalue weighted by atomic mass is 35.5. The molecule has 0 spiro atoms. The van der Waals surface area contributed by atoms with Crippen molar-refractivity contribution in [2.75, 3.05) is 26.2 Å². The van der Waals surface area contributed by atoms with Crippen molar-refractivity contribution < 1.29 is 4.74 Å². The number of nitrogens with zero attached hydrogens (tertiary/aromatic N) is 1. The van der Waals surface area contributed by atoms with E-state index in [1.165, 1.54) is 12.0 Å². The lowest BCUT2D eigenvalue weighted by Gasteiger charge is -2.17. The Morgan fingerprint density at radius 3 is 2.52 bits per heavy atom. The second-order valence-electron chi connectivity index (χ2n) is 5.49. The first kappa shape index (κ1) is 18.3. The topological polar surface area (TPSA) is 24.5 Å². The van der Waals surface area contributed by atoms with E-state index in [4.69, 9.17) is 16.3 Å². The molecule has 120 valence electrons. The summed E-state index contributed by atoms with van der Waals surface area (Å²) in [5.41, 5.74) is 1.19. The van der Waals surface area contributed by atoms with Gasteiger partial charge in [-0.25, -0.2) is 0 Å². The van der Waals surface area contributed by atoms with Gasteiger partial charge in [0.2, 0.25) is 0 Å². The maximum absolute atomic E-state index is 6.23. The molecule has 0 aromatic heterocycles. The fourth-order valence-electron chi connectivity index (χ4n) is 2.20. The van der Waals surface area contributed by atoms with Gasteiger partial charge in [0.05, 0.1) is 11.1 Å². The molecule has 0 fully saturated rings. The van der Waals surface area contributed by atoms with Crippen molar-refractivity contribution in [1.29, 1.82) is 0 Å². The van der Waals surface area contributed by atoms with E-state index in [0.29, 0.717) is 5.02 Å². The first-order valence-corrected chi connectivity index (χ1v) is 8.32. The minimum atomic E-state index is 0.145. The summed E-state index contributed by atoms with van der Waals surface area (Å²) in [7, 11) is 0. The van der Waals surface area contributed by atoms with Gasteiger partial charge in [0.15, 0.2) is 0 Å². The van der Waals surface area contributed by atoms with Gasteiger partial charge in [-0.1, -0.05) is 31.5 Å². The first-order valence-electron chi connectivity index (χ1n) is 7.95. The maximum atomic E-state index is 6.23. The molecule has 4 heteroatoms. The molecule has 0 aliphatic carbocycles. The van der Waals surface area contributed by atoms with Gasteiger partial charge in [0.1, 0.15) is 5.75 Å². The molecular formula is C17H29ClN2O. The van der Waals surface area contributed by atoms with Crippen LogP contribution in [0.3, 0.4) is 0 Å². The smallest absolute Gasteiger partial charge is 0.138 e. The van der Waals surface area contributed by atoms with Crippen LogP contribution in [0.2, 0.25) is 5.02 Å². The summed E-state index contributed by atoms with van der Waals surface area (Å²) >= 11 is 6.23. The van der Waals surface area contributed by atoms with Crippen LogP contribution in [-0.4, -0.2) is 37.2 Å². The lowest BCUT2D eigenvalue weighted by atomic mass is 10.2. The predicted octanol–water partition coefficient (Wildman–Crippen LogP) is 3.95. The molecule has 0 bridgehead atoms. The van der Waals surface area contributed by atoms with Crippen LogP contribution < -0.4 is 10.1 Å². The molecule has 0 saturated carbocycles. The van der Waals surface area contributed by atoms with Crippen molar-refractivity contribution in [3.05, 3.63) is 28.8 Å². The summed E-state index contributed by atoms with van der Waals surface area (Å²) in [4.78, 5) is 2.44. The zero-order valence-electron chi connectivity index (χ0n) is 13.8. The van der Waals surface area contributed by atoms with Gasteiger partial charge in [-0.15, -0.1) is 0 Å². The lowest BCUT2D eigenvalue weighted by molar-refractivity contribution is 0.242. The van der Waals surface area contributed by atoms with E-state index in [-0.39, 0.29) is 6.10 Å². The van der Waals surface area contributed by atoms with Crippen LogP contribution >= 0.6 is 11.6 Å². The Labute approximate surface area is 134 Å². The highest BCUT2D eigenvalue weighted by Gasteiger charge is 2.05. The molecule has 0 aliphatic heterocycles. The van der Waals surface area contributed by atoms with Crippen molar-refractivity contribution >= 4 is 11.6 Å². The lowest BCUT2D eigenvalue weighted by Crippen LogP contribution is -2.27. The highest BCUT2D eigenvalue weighted by molar-refractivity contribution is 6.32. The van der Waals surface area contributed by atoms with Crippen molar-refractivity contribution in [2.45, 2.75) is 46.8 Å².